The normalized spacial score (nSPS) is 11.6. The van der Waals surface area contributed by atoms with E-state index in [9.17, 15) is 0 Å². The lowest BCUT2D eigenvalue weighted by Crippen LogP contribution is -2.30. The Morgan fingerprint density at radius 3 is 2.23 bits per heavy atom. The molecule has 0 atom stereocenters. The Bertz CT molecular complexity index is 771. The topological polar surface area (TPSA) is 30.7 Å². The summed E-state index contributed by atoms with van der Waals surface area (Å²) in [7, 11) is 0. The number of hydrogen-bond acceptors (Lipinski definition) is 2. The fraction of sp³-hybridized carbons (Fsp3) is 0.222. The number of benzene rings is 2. The zero-order chi connectivity index (χ0) is 15.7. The van der Waals surface area contributed by atoms with Crippen molar-refractivity contribution < 1.29 is 0 Å². The first kappa shape index (κ1) is 15.0. The van der Waals surface area contributed by atoms with E-state index in [0.717, 1.165) is 15.7 Å². The van der Waals surface area contributed by atoms with Gasteiger partial charge in [0.2, 0.25) is 0 Å². The maximum Gasteiger partial charge on any atom is 0.113 e. The monoisotopic (exact) mass is 355 g/mol. The van der Waals surface area contributed by atoms with Crippen LogP contribution in [0.1, 0.15) is 25.0 Å². The molecule has 0 amide bonds. The lowest BCUT2D eigenvalue weighted by Gasteiger charge is -2.24. The second kappa shape index (κ2) is 5.69. The Balaban J connectivity index is 1.95. The predicted molar refractivity (Wildman–Crippen MR) is 92.8 cm³/mol. The highest BCUT2D eigenvalue weighted by molar-refractivity contribution is 9.10. The van der Waals surface area contributed by atoms with Crippen LogP contribution in [0.4, 0.5) is 0 Å². The number of rotatable bonds is 3. The molecule has 0 spiro atoms. The molecule has 1 heterocycles. The molecule has 0 unspecified atom stereocenters. The largest absolute Gasteiger partial charge is 0.174 e. The number of aryl methyl sites for hydroxylation is 1. The van der Waals surface area contributed by atoms with Crippen molar-refractivity contribution in [2.75, 3.05) is 0 Å². The maximum atomic E-state index is 4.67. The first-order valence-corrected chi connectivity index (χ1v) is 8.02. The van der Waals surface area contributed by atoms with Crippen molar-refractivity contribution in [3.63, 3.8) is 0 Å². The smallest absolute Gasteiger partial charge is 0.113 e. The summed E-state index contributed by atoms with van der Waals surface area (Å²) in [5.41, 5.74) is 4.10. The second-order valence-electron chi connectivity index (χ2n) is 5.95. The minimum atomic E-state index is -0.290. The van der Waals surface area contributed by atoms with Crippen LogP contribution in [0.2, 0.25) is 0 Å². The van der Waals surface area contributed by atoms with Crippen molar-refractivity contribution >= 4 is 15.9 Å². The molecular formula is C18H18BrN3. The molecule has 3 aromatic rings. The molecule has 0 saturated heterocycles. The molecule has 2 aromatic carbocycles. The fourth-order valence-electron chi connectivity index (χ4n) is 2.36. The van der Waals surface area contributed by atoms with Gasteiger partial charge in [0.05, 0.1) is 6.20 Å². The third-order valence-electron chi connectivity index (χ3n) is 3.89. The summed E-state index contributed by atoms with van der Waals surface area (Å²) >= 11 is 3.45. The average molecular weight is 356 g/mol. The fourth-order valence-corrected chi connectivity index (χ4v) is 2.63. The van der Waals surface area contributed by atoms with Crippen LogP contribution >= 0.6 is 15.9 Å². The Kier molecular flexibility index (Phi) is 3.87. The van der Waals surface area contributed by atoms with Crippen molar-refractivity contribution in [2.45, 2.75) is 26.3 Å². The molecule has 3 nitrogen and oxygen atoms in total. The van der Waals surface area contributed by atoms with Gasteiger partial charge in [-0.2, -0.15) is 15.0 Å². The maximum absolute atomic E-state index is 4.67. The molecular weight excluding hydrogens is 338 g/mol. The van der Waals surface area contributed by atoms with Gasteiger partial charge in [0.25, 0.3) is 0 Å². The molecule has 0 saturated carbocycles. The Morgan fingerprint density at radius 1 is 0.955 bits per heavy atom. The molecule has 0 N–H and O–H groups in total. The van der Waals surface area contributed by atoms with Gasteiger partial charge in [-0.25, -0.2) is 0 Å². The average Bonchev–Trinajstić information content (AvgIpc) is 2.99. The van der Waals surface area contributed by atoms with Crippen LogP contribution in [-0.4, -0.2) is 15.0 Å². The third-order valence-corrected chi connectivity index (χ3v) is 4.42. The third kappa shape index (κ3) is 2.83. The Labute approximate surface area is 139 Å². The van der Waals surface area contributed by atoms with Crippen molar-refractivity contribution in [1.82, 2.24) is 15.0 Å². The predicted octanol–water partition coefficient (Wildman–Crippen LogP) is 4.80. The number of aromatic nitrogens is 3. The SMILES string of the molecule is Cc1ccc(C(C)(C)n2ncc(-c3ccc(Br)cc3)n2)cc1. The highest BCUT2D eigenvalue weighted by atomic mass is 79.9. The van der Waals surface area contributed by atoms with Crippen molar-refractivity contribution in [3.05, 3.63) is 70.3 Å². The number of hydrogen-bond donors (Lipinski definition) is 0. The minimum absolute atomic E-state index is 0.290. The van der Waals surface area contributed by atoms with Gasteiger partial charge in [-0.15, -0.1) is 0 Å². The second-order valence-corrected chi connectivity index (χ2v) is 6.87. The van der Waals surface area contributed by atoms with Crippen molar-refractivity contribution in [1.29, 1.82) is 0 Å². The molecule has 4 heteroatoms. The number of nitrogens with zero attached hydrogens (tertiary/aromatic N) is 3. The van der Waals surface area contributed by atoms with Crippen LogP contribution in [0.5, 0.6) is 0 Å². The Morgan fingerprint density at radius 2 is 1.59 bits per heavy atom. The Hall–Kier alpha value is -1.94. The lowest BCUT2D eigenvalue weighted by molar-refractivity contribution is 0.344. The summed E-state index contributed by atoms with van der Waals surface area (Å²) in [5.74, 6) is 0. The highest BCUT2D eigenvalue weighted by Crippen LogP contribution is 2.26. The molecule has 112 valence electrons. The molecule has 0 aliphatic heterocycles. The molecule has 0 radical (unpaired) electrons. The van der Waals surface area contributed by atoms with Crippen LogP contribution < -0.4 is 0 Å². The minimum Gasteiger partial charge on any atom is -0.174 e. The summed E-state index contributed by atoms with van der Waals surface area (Å²) in [6.45, 7) is 6.35. The van der Waals surface area contributed by atoms with Gasteiger partial charge >= 0.3 is 0 Å². The van der Waals surface area contributed by atoms with Crippen LogP contribution in [-0.2, 0) is 5.54 Å². The number of halogens is 1. The summed E-state index contributed by atoms with van der Waals surface area (Å²) in [6.07, 6.45) is 1.82. The quantitative estimate of drug-likeness (QED) is 0.675. The lowest BCUT2D eigenvalue weighted by atomic mass is 9.94. The van der Waals surface area contributed by atoms with Crippen LogP contribution in [0.15, 0.2) is 59.2 Å². The van der Waals surface area contributed by atoms with Gasteiger partial charge in [-0.1, -0.05) is 57.9 Å². The molecule has 3 rings (SSSR count). The van der Waals surface area contributed by atoms with E-state index in [-0.39, 0.29) is 5.54 Å². The van der Waals surface area contributed by atoms with Gasteiger partial charge in [0, 0.05) is 10.0 Å². The summed E-state index contributed by atoms with van der Waals surface area (Å²) in [4.78, 5) is 1.79. The van der Waals surface area contributed by atoms with Crippen LogP contribution in [0, 0.1) is 6.92 Å². The van der Waals surface area contributed by atoms with Crippen LogP contribution in [0.25, 0.3) is 11.3 Å². The van der Waals surface area contributed by atoms with E-state index in [0.29, 0.717) is 0 Å². The molecule has 0 bridgehead atoms. The summed E-state index contributed by atoms with van der Waals surface area (Å²) in [6, 6.07) is 16.6. The molecule has 22 heavy (non-hydrogen) atoms. The van der Waals surface area contributed by atoms with E-state index in [1.54, 1.807) is 4.80 Å². The molecule has 0 aliphatic rings. The summed E-state index contributed by atoms with van der Waals surface area (Å²) in [5, 5.41) is 9.15. The van der Waals surface area contributed by atoms with Gasteiger partial charge in [-0.05, 0) is 38.5 Å². The zero-order valence-electron chi connectivity index (χ0n) is 12.9. The molecule has 0 aliphatic carbocycles. The van der Waals surface area contributed by atoms with Crippen molar-refractivity contribution in [3.8, 4) is 11.3 Å². The van der Waals surface area contributed by atoms with E-state index in [2.05, 4.69) is 71.2 Å². The van der Waals surface area contributed by atoms with Gasteiger partial charge in [-0.3, -0.25) is 0 Å². The molecule has 0 fully saturated rings. The highest BCUT2D eigenvalue weighted by Gasteiger charge is 2.25. The summed E-state index contributed by atoms with van der Waals surface area (Å²) < 4.78 is 1.06. The van der Waals surface area contributed by atoms with Crippen LogP contribution in [0.3, 0.4) is 0 Å². The first-order valence-electron chi connectivity index (χ1n) is 7.23. The van der Waals surface area contributed by atoms with E-state index in [4.69, 9.17) is 0 Å². The zero-order valence-corrected chi connectivity index (χ0v) is 14.5. The standard InChI is InChI=1S/C18H18BrN3/c1-13-4-8-15(9-5-13)18(2,3)22-20-12-17(21-22)14-6-10-16(19)11-7-14/h4-12H,1-3H3. The van der Waals surface area contributed by atoms with E-state index < -0.39 is 0 Å². The van der Waals surface area contributed by atoms with E-state index in [1.165, 1.54) is 11.1 Å². The van der Waals surface area contributed by atoms with Crippen molar-refractivity contribution in [2.24, 2.45) is 0 Å². The van der Waals surface area contributed by atoms with Gasteiger partial charge in [0.1, 0.15) is 11.2 Å². The first-order chi connectivity index (χ1) is 10.5. The van der Waals surface area contributed by atoms with Gasteiger partial charge in [0.15, 0.2) is 0 Å². The van der Waals surface area contributed by atoms with E-state index >= 15 is 0 Å². The van der Waals surface area contributed by atoms with Gasteiger partial charge < -0.3 is 0 Å². The molecule has 1 aromatic heterocycles. The van der Waals surface area contributed by atoms with E-state index in [1.807, 2.05) is 30.5 Å².